The summed E-state index contributed by atoms with van der Waals surface area (Å²) in [5, 5.41) is 11.8. The van der Waals surface area contributed by atoms with Gasteiger partial charge in [0, 0.05) is 0 Å². The highest BCUT2D eigenvalue weighted by atomic mass is 16.7. The van der Waals surface area contributed by atoms with E-state index in [-0.39, 0.29) is 5.90 Å². The number of nitro groups is 1. The molecular formula is C4H4N2O3+. The molecule has 1 rings (SSSR count). The van der Waals surface area contributed by atoms with Gasteiger partial charge in [0.15, 0.2) is 0 Å². The lowest BCUT2D eigenvalue weighted by Crippen LogP contribution is -2.11. The Kier molecular flexibility index (Phi) is 1.44. The minimum atomic E-state index is -0.787. The zero-order valence-electron chi connectivity index (χ0n) is 4.48. The summed E-state index contributed by atoms with van der Waals surface area (Å²) in [4.78, 5) is 9.66. The molecule has 1 aliphatic heterocycles. The second kappa shape index (κ2) is 2.25. The van der Waals surface area contributed by atoms with Crippen LogP contribution in [0.1, 0.15) is 0 Å². The smallest absolute Gasteiger partial charge is 0.430 e. The monoisotopic (exact) mass is 128 g/mol. The van der Waals surface area contributed by atoms with Crippen molar-refractivity contribution in [2.45, 2.75) is 0 Å². The standard InChI is InChI=1S/C4H4N2O3/c7-6(8)5-4-2-1-3-9-4/h1-2H,3H2/q+1. The largest absolute Gasteiger partial charge is 0.525 e. The summed E-state index contributed by atoms with van der Waals surface area (Å²) >= 11 is 0. The fourth-order valence-corrected chi connectivity index (χ4v) is 0.473. The third kappa shape index (κ3) is 1.52. The molecule has 0 fully saturated rings. The SMILES string of the molecule is O=[N+]([O-])[N+]=C1C=CCO1. The highest BCUT2D eigenvalue weighted by Crippen LogP contribution is 1.90. The van der Waals surface area contributed by atoms with Gasteiger partial charge in [-0.1, -0.05) is 0 Å². The van der Waals surface area contributed by atoms with Crippen molar-refractivity contribution in [3.8, 4) is 0 Å². The fraction of sp³-hybridized carbons (Fsp3) is 0.250. The Hall–Kier alpha value is -1.39. The van der Waals surface area contributed by atoms with Gasteiger partial charge in [-0.3, -0.25) is 0 Å². The predicted octanol–water partition coefficient (Wildman–Crippen LogP) is -0.501. The van der Waals surface area contributed by atoms with E-state index in [1.165, 1.54) is 6.08 Å². The number of hydrogen-bond acceptors (Lipinski definition) is 3. The van der Waals surface area contributed by atoms with Crippen LogP contribution in [-0.2, 0) is 4.74 Å². The third-order valence-corrected chi connectivity index (χ3v) is 0.768. The van der Waals surface area contributed by atoms with E-state index in [2.05, 4.69) is 9.84 Å². The molecule has 0 aromatic carbocycles. The van der Waals surface area contributed by atoms with Crippen molar-refractivity contribution in [3.63, 3.8) is 0 Å². The van der Waals surface area contributed by atoms with Gasteiger partial charge in [0.25, 0.3) is 0 Å². The van der Waals surface area contributed by atoms with Crippen LogP contribution >= 0.6 is 0 Å². The van der Waals surface area contributed by atoms with E-state index in [0.29, 0.717) is 6.61 Å². The summed E-state index contributed by atoms with van der Waals surface area (Å²) in [6, 6.07) is 0. The van der Waals surface area contributed by atoms with Crippen molar-refractivity contribution in [1.29, 1.82) is 0 Å². The minimum Gasteiger partial charge on any atom is -0.430 e. The first-order chi connectivity index (χ1) is 4.29. The number of hydrazone groups is 1. The maximum absolute atomic E-state index is 9.66. The van der Waals surface area contributed by atoms with Gasteiger partial charge < -0.3 is 4.74 Å². The van der Waals surface area contributed by atoms with Gasteiger partial charge >= 0.3 is 16.0 Å². The second-order valence-electron chi connectivity index (χ2n) is 1.39. The van der Waals surface area contributed by atoms with Crippen molar-refractivity contribution in [1.82, 2.24) is 5.10 Å². The summed E-state index contributed by atoms with van der Waals surface area (Å²) < 4.78 is 4.66. The molecule has 0 saturated heterocycles. The molecule has 0 unspecified atom stereocenters. The summed E-state index contributed by atoms with van der Waals surface area (Å²) in [6.45, 7) is 0.382. The average molecular weight is 128 g/mol. The van der Waals surface area contributed by atoms with E-state index in [9.17, 15) is 10.1 Å². The molecule has 1 radical (unpaired) electrons. The van der Waals surface area contributed by atoms with Crippen LogP contribution in [0, 0.1) is 10.1 Å². The van der Waals surface area contributed by atoms with E-state index in [0.717, 1.165) is 0 Å². The van der Waals surface area contributed by atoms with Gasteiger partial charge in [0.05, 0.1) is 6.08 Å². The van der Waals surface area contributed by atoms with Gasteiger partial charge in [0.2, 0.25) is 0 Å². The van der Waals surface area contributed by atoms with Crippen LogP contribution in [0.5, 0.6) is 0 Å². The van der Waals surface area contributed by atoms with Crippen molar-refractivity contribution >= 4 is 5.90 Å². The minimum absolute atomic E-state index is 0.0694. The normalized spacial score (nSPS) is 20.2. The first-order valence-electron chi connectivity index (χ1n) is 2.31. The lowest BCUT2D eigenvalue weighted by molar-refractivity contribution is -0.519. The van der Waals surface area contributed by atoms with E-state index < -0.39 is 5.03 Å². The van der Waals surface area contributed by atoms with Crippen molar-refractivity contribution < 1.29 is 9.77 Å². The molecule has 0 aromatic heterocycles. The van der Waals surface area contributed by atoms with Crippen molar-refractivity contribution in [2.24, 2.45) is 0 Å². The van der Waals surface area contributed by atoms with Gasteiger partial charge in [-0.05, 0) is 6.08 Å². The molecule has 1 heterocycles. The van der Waals surface area contributed by atoms with Gasteiger partial charge in [-0.15, -0.1) is 0 Å². The zero-order valence-corrected chi connectivity index (χ0v) is 4.48. The van der Waals surface area contributed by atoms with Crippen molar-refractivity contribution in [3.05, 3.63) is 22.3 Å². The van der Waals surface area contributed by atoms with Crippen LogP contribution < -0.4 is 5.10 Å². The van der Waals surface area contributed by atoms with Crippen LogP contribution in [0.3, 0.4) is 0 Å². The lowest BCUT2D eigenvalue weighted by Gasteiger charge is -1.76. The number of ether oxygens (including phenoxy) is 1. The predicted molar refractivity (Wildman–Crippen MR) is 29.2 cm³/mol. The van der Waals surface area contributed by atoms with Gasteiger partial charge in [-0.25, -0.2) is 0 Å². The Bertz CT molecular complexity index is 184. The lowest BCUT2D eigenvalue weighted by atomic mass is 10.6. The van der Waals surface area contributed by atoms with E-state index in [1.807, 2.05) is 0 Å². The number of nitrogens with zero attached hydrogens (tertiary/aromatic N) is 2. The fourth-order valence-electron chi connectivity index (χ4n) is 0.473. The molecule has 0 aromatic rings. The molecule has 9 heavy (non-hydrogen) atoms. The van der Waals surface area contributed by atoms with Crippen LogP contribution in [0.15, 0.2) is 12.2 Å². The molecule has 0 atom stereocenters. The Balaban J connectivity index is 2.61. The molecule has 0 N–H and O–H groups in total. The first kappa shape index (κ1) is 5.74. The summed E-state index contributed by atoms with van der Waals surface area (Å²) in [5.74, 6) is 0.0694. The molecule has 0 amide bonds. The molecule has 47 valence electrons. The number of hydrogen-bond donors (Lipinski definition) is 0. The van der Waals surface area contributed by atoms with Crippen LogP contribution in [0.25, 0.3) is 0 Å². The van der Waals surface area contributed by atoms with Gasteiger partial charge in [0.1, 0.15) is 6.61 Å². The quantitative estimate of drug-likeness (QED) is 0.353. The van der Waals surface area contributed by atoms with E-state index >= 15 is 0 Å². The van der Waals surface area contributed by atoms with E-state index in [1.54, 1.807) is 6.08 Å². The van der Waals surface area contributed by atoms with Crippen LogP contribution in [0.2, 0.25) is 0 Å². The maximum atomic E-state index is 9.66. The Morgan fingerprint density at radius 1 is 1.89 bits per heavy atom. The van der Waals surface area contributed by atoms with E-state index in [4.69, 9.17) is 0 Å². The highest BCUT2D eigenvalue weighted by molar-refractivity contribution is 5.87. The third-order valence-electron chi connectivity index (χ3n) is 0.768. The molecule has 0 saturated carbocycles. The molecular weight excluding hydrogens is 124 g/mol. The summed E-state index contributed by atoms with van der Waals surface area (Å²) in [7, 11) is 0. The Morgan fingerprint density at radius 3 is 3.11 bits per heavy atom. The van der Waals surface area contributed by atoms with Crippen LogP contribution in [0.4, 0.5) is 0 Å². The molecule has 0 aliphatic carbocycles. The molecule has 5 heteroatoms. The number of rotatable bonds is 1. The average Bonchev–Trinajstić information content (AvgIpc) is 2.15. The Morgan fingerprint density at radius 2 is 2.67 bits per heavy atom. The van der Waals surface area contributed by atoms with Gasteiger partial charge in [-0.2, -0.15) is 10.1 Å². The molecule has 5 nitrogen and oxygen atoms in total. The zero-order chi connectivity index (χ0) is 6.69. The molecule has 0 spiro atoms. The maximum Gasteiger partial charge on any atom is 0.525 e. The Labute approximate surface area is 50.8 Å². The second-order valence-corrected chi connectivity index (χ2v) is 1.39. The first-order valence-corrected chi connectivity index (χ1v) is 2.31. The summed E-state index contributed by atoms with van der Waals surface area (Å²) in [6.07, 6.45) is 3.12. The van der Waals surface area contributed by atoms with Crippen molar-refractivity contribution in [2.75, 3.05) is 6.61 Å². The summed E-state index contributed by atoms with van der Waals surface area (Å²) in [5.41, 5.74) is 0. The molecule has 1 aliphatic rings. The van der Waals surface area contributed by atoms with Crippen LogP contribution in [-0.4, -0.2) is 17.5 Å². The topological polar surface area (TPSA) is 66.5 Å². The highest BCUT2D eigenvalue weighted by Gasteiger charge is 2.22. The molecule has 0 bridgehead atoms.